The third kappa shape index (κ3) is 2.55. The summed E-state index contributed by atoms with van der Waals surface area (Å²) in [6, 6.07) is 4.55. The quantitative estimate of drug-likeness (QED) is 0.832. The fourth-order valence-electron chi connectivity index (χ4n) is 1.83. The molecule has 1 aliphatic rings. The number of carboxylic acids is 1. The maximum Gasteiger partial charge on any atom is 0.307 e. The van der Waals surface area contributed by atoms with Crippen LogP contribution in [0, 0.1) is 12.7 Å². The summed E-state index contributed by atoms with van der Waals surface area (Å²) in [7, 11) is 0. The molecule has 0 amide bonds. The van der Waals surface area contributed by atoms with Crippen LogP contribution in [0.25, 0.3) is 0 Å². The van der Waals surface area contributed by atoms with Gasteiger partial charge in [-0.1, -0.05) is 6.07 Å². The molecule has 0 bridgehead atoms. The summed E-state index contributed by atoms with van der Waals surface area (Å²) in [5.41, 5.74) is 0.0552. The summed E-state index contributed by atoms with van der Waals surface area (Å²) in [5.74, 6) is -1.29. The maximum atomic E-state index is 13.5. The molecule has 1 fully saturated rings. The van der Waals surface area contributed by atoms with Crippen LogP contribution in [0.3, 0.4) is 0 Å². The highest BCUT2D eigenvalue weighted by atomic mass is 19.1. The standard InChI is InChI=1S/C12H14FNO3/c1-8-2-3-9(13)10(4-8)17-12(5-11(15)16)6-14-7-12/h2-4,14H,5-7H2,1H3,(H,15,16). The van der Waals surface area contributed by atoms with Crippen molar-refractivity contribution in [2.24, 2.45) is 0 Å². The van der Waals surface area contributed by atoms with Gasteiger partial charge in [0.05, 0.1) is 6.42 Å². The number of benzene rings is 1. The summed E-state index contributed by atoms with van der Waals surface area (Å²) < 4.78 is 19.0. The van der Waals surface area contributed by atoms with Crippen molar-refractivity contribution in [1.29, 1.82) is 0 Å². The number of hydrogen-bond acceptors (Lipinski definition) is 3. The van der Waals surface area contributed by atoms with Gasteiger partial charge in [-0.25, -0.2) is 4.39 Å². The van der Waals surface area contributed by atoms with Crippen LogP contribution >= 0.6 is 0 Å². The summed E-state index contributed by atoms with van der Waals surface area (Å²) in [6.45, 7) is 2.68. The minimum absolute atomic E-state index is 0.118. The molecule has 4 nitrogen and oxygen atoms in total. The first-order valence-electron chi connectivity index (χ1n) is 5.38. The van der Waals surface area contributed by atoms with E-state index in [0.29, 0.717) is 13.1 Å². The molecule has 1 aliphatic heterocycles. The van der Waals surface area contributed by atoms with Gasteiger partial charge >= 0.3 is 5.97 Å². The molecule has 0 spiro atoms. The molecule has 1 aromatic rings. The Kier molecular flexibility index (Phi) is 3.02. The van der Waals surface area contributed by atoms with Crippen LogP contribution in [0.4, 0.5) is 4.39 Å². The Morgan fingerprint density at radius 3 is 2.82 bits per heavy atom. The Bertz CT molecular complexity index is 443. The van der Waals surface area contributed by atoms with Crippen LogP contribution in [-0.2, 0) is 4.79 Å². The van der Waals surface area contributed by atoms with Gasteiger partial charge < -0.3 is 15.2 Å². The van der Waals surface area contributed by atoms with Gasteiger partial charge in [-0.05, 0) is 24.6 Å². The van der Waals surface area contributed by atoms with E-state index < -0.39 is 17.4 Å². The molecule has 0 aliphatic carbocycles. The van der Waals surface area contributed by atoms with Crippen LogP contribution in [-0.4, -0.2) is 29.8 Å². The number of carboxylic acid groups (broad SMARTS) is 1. The van der Waals surface area contributed by atoms with Crippen LogP contribution < -0.4 is 10.1 Å². The number of hydrogen-bond donors (Lipinski definition) is 2. The lowest BCUT2D eigenvalue weighted by atomic mass is 9.92. The van der Waals surface area contributed by atoms with Gasteiger partial charge in [0.2, 0.25) is 0 Å². The van der Waals surface area contributed by atoms with Gasteiger partial charge in [0.25, 0.3) is 0 Å². The number of nitrogens with one attached hydrogen (secondary N) is 1. The summed E-state index contributed by atoms with van der Waals surface area (Å²) in [5, 5.41) is 11.8. The lowest BCUT2D eigenvalue weighted by Crippen LogP contribution is -2.64. The van der Waals surface area contributed by atoms with E-state index in [4.69, 9.17) is 9.84 Å². The Morgan fingerprint density at radius 2 is 2.29 bits per heavy atom. The number of halogens is 1. The van der Waals surface area contributed by atoms with Crippen molar-refractivity contribution in [3.63, 3.8) is 0 Å². The highest BCUT2D eigenvalue weighted by Crippen LogP contribution is 2.28. The highest BCUT2D eigenvalue weighted by molar-refractivity contribution is 5.68. The van der Waals surface area contributed by atoms with E-state index in [-0.39, 0.29) is 12.2 Å². The van der Waals surface area contributed by atoms with Crippen LogP contribution in [0.5, 0.6) is 5.75 Å². The van der Waals surface area contributed by atoms with Gasteiger partial charge in [0, 0.05) is 13.1 Å². The minimum Gasteiger partial charge on any atom is -0.481 e. The van der Waals surface area contributed by atoms with Crippen molar-refractivity contribution in [2.45, 2.75) is 18.9 Å². The van der Waals surface area contributed by atoms with Crippen molar-refractivity contribution in [2.75, 3.05) is 13.1 Å². The van der Waals surface area contributed by atoms with Crippen molar-refractivity contribution >= 4 is 5.97 Å². The highest BCUT2D eigenvalue weighted by Gasteiger charge is 2.42. The molecular formula is C12H14FNO3. The second kappa shape index (κ2) is 4.33. The van der Waals surface area contributed by atoms with Crippen molar-refractivity contribution in [3.8, 4) is 5.75 Å². The average molecular weight is 239 g/mol. The van der Waals surface area contributed by atoms with E-state index in [1.54, 1.807) is 12.1 Å². The molecule has 1 saturated heterocycles. The number of aryl methyl sites for hydroxylation is 1. The normalized spacial score (nSPS) is 17.3. The van der Waals surface area contributed by atoms with Crippen molar-refractivity contribution in [1.82, 2.24) is 5.32 Å². The Labute approximate surface area is 98.4 Å². The lowest BCUT2D eigenvalue weighted by Gasteiger charge is -2.41. The maximum absolute atomic E-state index is 13.5. The third-order valence-electron chi connectivity index (χ3n) is 2.78. The topological polar surface area (TPSA) is 58.6 Å². The molecular weight excluding hydrogens is 225 g/mol. The van der Waals surface area contributed by atoms with Gasteiger partial charge in [-0.15, -0.1) is 0 Å². The molecule has 92 valence electrons. The molecule has 2 N–H and O–H groups in total. The molecule has 17 heavy (non-hydrogen) atoms. The zero-order chi connectivity index (χ0) is 12.5. The van der Waals surface area contributed by atoms with E-state index in [1.165, 1.54) is 6.07 Å². The molecule has 2 rings (SSSR count). The van der Waals surface area contributed by atoms with E-state index >= 15 is 0 Å². The van der Waals surface area contributed by atoms with Crippen LogP contribution in [0.2, 0.25) is 0 Å². The van der Waals surface area contributed by atoms with Crippen molar-refractivity contribution in [3.05, 3.63) is 29.6 Å². The smallest absolute Gasteiger partial charge is 0.307 e. The SMILES string of the molecule is Cc1ccc(F)c(OC2(CC(=O)O)CNC2)c1. The molecule has 0 radical (unpaired) electrons. The van der Waals surface area contributed by atoms with E-state index in [9.17, 15) is 9.18 Å². The fourth-order valence-corrected chi connectivity index (χ4v) is 1.83. The second-order valence-electron chi connectivity index (χ2n) is 4.39. The number of aliphatic carboxylic acids is 1. The molecule has 1 aromatic carbocycles. The average Bonchev–Trinajstić information content (AvgIpc) is 2.19. The number of rotatable bonds is 4. The largest absolute Gasteiger partial charge is 0.481 e. The first-order chi connectivity index (χ1) is 8.01. The number of carbonyl (C=O) groups is 1. The monoisotopic (exact) mass is 239 g/mol. The van der Waals surface area contributed by atoms with Crippen LogP contribution in [0.15, 0.2) is 18.2 Å². The molecule has 0 saturated carbocycles. The molecule has 0 atom stereocenters. The van der Waals surface area contributed by atoms with Gasteiger partial charge in [-0.2, -0.15) is 0 Å². The lowest BCUT2D eigenvalue weighted by molar-refractivity contribution is -0.143. The van der Waals surface area contributed by atoms with Gasteiger partial charge in [-0.3, -0.25) is 4.79 Å². The second-order valence-corrected chi connectivity index (χ2v) is 4.39. The summed E-state index contributed by atoms with van der Waals surface area (Å²) in [6.07, 6.45) is -0.132. The third-order valence-corrected chi connectivity index (χ3v) is 2.78. The van der Waals surface area contributed by atoms with E-state index in [2.05, 4.69) is 5.32 Å². The Balaban J connectivity index is 2.18. The zero-order valence-electron chi connectivity index (χ0n) is 9.50. The molecule has 1 heterocycles. The minimum atomic E-state index is -0.945. The zero-order valence-corrected chi connectivity index (χ0v) is 9.50. The summed E-state index contributed by atoms with van der Waals surface area (Å²) in [4.78, 5) is 10.7. The predicted octanol–water partition coefficient (Wildman–Crippen LogP) is 1.33. The molecule has 0 aromatic heterocycles. The summed E-state index contributed by atoms with van der Waals surface area (Å²) >= 11 is 0. The molecule has 0 unspecified atom stereocenters. The Hall–Kier alpha value is -1.62. The van der Waals surface area contributed by atoms with E-state index in [1.807, 2.05) is 6.92 Å². The van der Waals surface area contributed by atoms with Gasteiger partial charge in [0.15, 0.2) is 11.6 Å². The van der Waals surface area contributed by atoms with Crippen molar-refractivity contribution < 1.29 is 19.0 Å². The first-order valence-corrected chi connectivity index (χ1v) is 5.38. The predicted molar refractivity (Wildman–Crippen MR) is 59.6 cm³/mol. The van der Waals surface area contributed by atoms with Gasteiger partial charge in [0.1, 0.15) is 5.60 Å². The fraction of sp³-hybridized carbons (Fsp3) is 0.417. The van der Waals surface area contributed by atoms with E-state index in [0.717, 1.165) is 5.56 Å². The molecule has 5 heteroatoms. The Morgan fingerprint density at radius 1 is 1.59 bits per heavy atom. The van der Waals surface area contributed by atoms with Crippen LogP contribution in [0.1, 0.15) is 12.0 Å². The first kappa shape index (κ1) is 11.9. The number of ether oxygens (including phenoxy) is 1.